The maximum absolute atomic E-state index is 5.59. The lowest BCUT2D eigenvalue weighted by Crippen LogP contribution is -2.12. The fraction of sp³-hybridized carbons (Fsp3) is 0.364. The molecule has 0 aromatic carbocycles. The first kappa shape index (κ1) is 13.1. The molecule has 0 unspecified atom stereocenters. The van der Waals surface area contributed by atoms with E-state index in [0.29, 0.717) is 18.2 Å². The maximum Gasteiger partial charge on any atom is 0.223 e. The number of rotatable bonds is 5. The van der Waals surface area contributed by atoms with Gasteiger partial charge in [0.2, 0.25) is 5.95 Å². The van der Waals surface area contributed by atoms with Crippen molar-refractivity contribution >= 4 is 17.6 Å². The zero-order chi connectivity index (χ0) is 13.8. The van der Waals surface area contributed by atoms with Crippen molar-refractivity contribution in [3.05, 3.63) is 23.5 Å². The number of hydrogen-bond donors (Lipinski definition) is 4. The van der Waals surface area contributed by atoms with E-state index in [4.69, 9.17) is 11.6 Å². The lowest BCUT2D eigenvalue weighted by Gasteiger charge is -2.07. The number of nitrogens with zero attached hydrogens (tertiary/aromatic N) is 4. The van der Waals surface area contributed by atoms with Crippen LogP contribution >= 0.6 is 0 Å². The predicted molar refractivity (Wildman–Crippen MR) is 74.2 cm³/mol. The monoisotopic (exact) mass is 262 g/mol. The SMILES string of the molecule is CCc1nn(C)cc1CNc1cc(NN)nc(N)n1. The van der Waals surface area contributed by atoms with Crippen LogP contribution in [-0.4, -0.2) is 19.7 Å². The molecule has 19 heavy (non-hydrogen) atoms. The molecule has 0 radical (unpaired) electrons. The minimum Gasteiger partial charge on any atom is -0.368 e. The van der Waals surface area contributed by atoms with Crippen LogP contribution in [0.2, 0.25) is 0 Å². The van der Waals surface area contributed by atoms with Gasteiger partial charge in [-0.1, -0.05) is 6.92 Å². The van der Waals surface area contributed by atoms with Crippen molar-refractivity contribution in [3.63, 3.8) is 0 Å². The molecule has 0 amide bonds. The summed E-state index contributed by atoms with van der Waals surface area (Å²) in [7, 11) is 1.90. The highest BCUT2D eigenvalue weighted by atomic mass is 15.3. The van der Waals surface area contributed by atoms with E-state index < -0.39 is 0 Å². The smallest absolute Gasteiger partial charge is 0.223 e. The molecule has 2 aromatic heterocycles. The van der Waals surface area contributed by atoms with Crippen molar-refractivity contribution in [3.8, 4) is 0 Å². The van der Waals surface area contributed by atoms with Crippen LogP contribution in [-0.2, 0) is 20.0 Å². The minimum atomic E-state index is 0.167. The second-order valence-corrected chi connectivity index (χ2v) is 4.12. The molecule has 8 heteroatoms. The molecule has 0 atom stereocenters. The van der Waals surface area contributed by atoms with Crippen LogP contribution < -0.4 is 22.3 Å². The molecule has 2 aromatic rings. The standard InChI is InChI=1S/C11H18N8/c1-3-8-7(6-19(2)18-8)5-14-9-4-10(17-13)16-11(12)15-9/h4,6H,3,5,13H2,1-2H3,(H4,12,14,15,16,17). The average Bonchev–Trinajstić information content (AvgIpc) is 2.76. The molecule has 8 nitrogen and oxygen atoms in total. The second-order valence-electron chi connectivity index (χ2n) is 4.12. The summed E-state index contributed by atoms with van der Waals surface area (Å²) in [6.07, 6.45) is 2.87. The largest absolute Gasteiger partial charge is 0.368 e. The summed E-state index contributed by atoms with van der Waals surface area (Å²) >= 11 is 0. The van der Waals surface area contributed by atoms with Crippen molar-refractivity contribution in [1.29, 1.82) is 0 Å². The number of aryl methyl sites for hydroxylation is 2. The summed E-state index contributed by atoms with van der Waals surface area (Å²) in [6, 6.07) is 1.69. The van der Waals surface area contributed by atoms with E-state index in [1.807, 2.05) is 13.2 Å². The summed E-state index contributed by atoms with van der Waals surface area (Å²) in [5.41, 5.74) is 10.2. The number of nitrogen functional groups attached to an aromatic ring is 2. The summed E-state index contributed by atoms with van der Waals surface area (Å²) in [5.74, 6) is 6.56. The zero-order valence-corrected chi connectivity index (χ0v) is 11.0. The van der Waals surface area contributed by atoms with Crippen molar-refractivity contribution in [2.75, 3.05) is 16.5 Å². The topological polar surface area (TPSA) is 120 Å². The number of anilines is 3. The van der Waals surface area contributed by atoms with Gasteiger partial charge >= 0.3 is 0 Å². The third kappa shape index (κ3) is 3.10. The molecule has 2 heterocycles. The van der Waals surface area contributed by atoms with Gasteiger partial charge in [-0.05, 0) is 6.42 Å². The van der Waals surface area contributed by atoms with Crippen LogP contribution in [0.5, 0.6) is 0 Å². The van der Waals surface area contributed by atoms with E-state index in [0.717, 1.165) is 17.7 Å². The normalized spacial score (nSPS) is 10.5. The Hall–Kier alpha value is -2.35. The highest BCUT2D eigenvalue weighted by Gasteiger charge is 2.07. The number of aromatic nitrogens is 4. The number of hydrazine groups is 1. The van der Waals surface area contributed by atoms with Crippen molar-refractivity contribution in [1.82, 2.24) is 19.7 Å². The quantitative estimate of drug-likeness (QED) is 0.450. The first-order valence-electron chi connectivity index (χ1n) is 5.98. The molecule has 0 spiro atoms. The van der Waals surface area contributed by atoms with Gasteiger partial charge in [-0.15, -0.1) is 0 Å². The molecule has 0 bridgehead atoms. The Balaban J connectivity index is 2.11. The third-order valence-corrected chi connectivity index (χ3v) is 2.68. The molecule has 0 fully saturated rings. The van der Waals surface area contributed by atoms with Gasteiger partial charge in [0.25, 0.3) is 0 Å². The Morgan fingerprint density at radius 1 is 1.32 bits per heavy atom. The second kappa shape index (κ2) is 5.53. The van der Waals surface area contributed by atoms with Gasteiger partial charge < -0.3 is 16.5 Å². The van der Waals surface area contributed by atoms with Crippen LogP contribution in [0, 0.1) is 0 Å². The van der Waals surface area contributed by atoms with Gasteiger partial charge in [-0.25, -0.2) is 5.84 Å². The van der Waals surface area contributed by atoms with Gasteiger partial charge in [0, 0.05) is 31.4 Å². The third-order valence-electron chi connectivity index (χ3n) is 2.68. The Labute approximate surface area is 111 Å². The fourth-order valence-corrected chi connectivity index (χ4v) is 1.85. The summed E-state index contributed by atoms with van der Waals surface area (Å²) < 4.78 is 1.80. The average molecular weight is 262 g/mol. The van der Waals surface area contributed by atoms with E-state index in [1.54, 1.807) is 10.7 Å². The lowest BCUT2D eigenvalue weighted by molar-refractivity contribution is 0.746. The van der Waals surface area contributed by atoms with Crippen molar-refractivity contribution in [2.24, 2.45) is 12.9 Å². The minimum absolute atomic E-state index is 0.167. The molecule has 2 rings (SSSR count). The summed E-state index contributed by atoms with van der Waals surface area (Å²) in [4.78, 5) is 8.01. The molecule has 0 aliphatic rings. The van der Waals surface area contributed by atoms with Crippen LogP contribution in [0.15, 0.2) is 12.3 Å². The fourth-order valence-electron chi connectivity index (χ4n) is 1.85. The van der Waals surface area contributed by atoms with E-state index in [2.05, 4.69) is 32.7 Å². The molecule has 0 saturated carbocycles. The highest BCUT2D eigenvalue weighted by Crippen LogP contribution is 2.14. The number of nitrogens with one attached hydrogen (secondary N) is 2. The van der Waals surface area contributed by atoms with Gasteiger partial charge in [-0.2, -0.15) is 15.1 Å². The molecule has 102 valence electrons. The first-order chi connectivity index (χ1) is 9.12. The summed E-state index contributed by atoms with van der Waals surface area (Å²) in [5, 5.41) is 7.56. The molecule has 0 aliphatic heterocycles. The molecule has 0 saturated heterocycles. The Morgan fingerprint density at radius 3 is 2.74 bits per heavy atom. The van der Waals surface area contributed by atoms with E-state index in [1.165, 1.54) is 0 Å². The van der Waals surface area contributed by atoms with Gasteiger partial charge in [0.05, 0.1) is 5.69 Å². The van der Waals surface area contributed by atoms with Gasteiger partial charge in [0.1, 0.15) is 11.6 Å². The van der Waals surface area contributed by atoms with Crippen LogP contribution in [0.1, 0.15) is 18.2 Å². The van der Waals surface area contributed by atoms with Gasteiger partial charge in [-0.3, -0.25) is 4.68 Å². The predicted octanol–water partition coefficient (Wildman–Crippen LogP) is 0.252. The van der Waals surface area contributed by atoms with Crippen molar-refractivity contribution in [2.45, 2.75) is 19.9 Å². The van der Waals surface area contributed by atoms with E-state index in [-0.39, 0.29) is 5.95 Å². The van der Waals surface area contributed by atoms with Crippen LogP contribution in [0.4, 0.5) is 17.6 Å². The molecular formula is C11H18N8. The Bertz CT molecular complexity index is 562. The molecular weight excluding hydrogens is 244 g/mol. The van der Waals surface area contributed by atoms with E-state index >= 15 is 0 Å². The summed E-state index contributed by atoms with van der Waals surface area (Å²) in [6.45, 7) is 2.70. The molecule has 0 aliphatic carbocycles. The van der Waals surface area contributed by atoms with Crippen molar-refractivity contribution < 1.29 is 0 Å². The lowest BCUT2D eigenvalue weighted by atomic mass is 10.2. The number of nitrogens with two attached hydrogens (primary N) is 2. The Kier molecular flexibility index (Phi) is 3.81. The maximum atomic E-state index is 5.59. The van der Waals surface area contributed by atoms with Crippen LogP contribution in [0.3, 0.4) is 0 Å². The van der Waals surface area contributed by atoms with Gasteiger partial charge in [0.15, 0.2) is 0 Å². The highest BCUT2D eigenvalue weighted by molar-refractivity contribution is 5.50. The van der Waals surface area contributed by atoms with E-state index in [9.17, 15) is 0 Å². The van der Waals surface area contributed by atoms with Crippen LogP contribution in [0.25, 0.3) is 0 Å². The Morgan fingerprint density at radius 2 is 2.05 bits per heavy atom. The first-order valence-corrected chi connectivity index (χ1v) is 5.98. The number of hydrogen-bond acceptors (Lipinski definition) is 7. The zero-order valence-electron chi connectivity index (χ0n) is 11.0. The molecule has 6 N–H and O–H groups in total.